The first kappa shape index (κ1) is 27.5. The largest absolute Gasteiger partial charge is 0.399 e. The molecule has 0 bridgehead atoms. The smallest absolute Gasteiger partial charge is 0.320 e. The average Bonchev–Trinajstić information content (AvgIpc) is 2.73. The summed E-state index contributed by atoms with van der Waals surface area (Å²) in [6, 6.07) is 16.3. The second-order valence-corrected chi connectivity index (χ2v) is 13.2. The molecule has 0 fully saturated rings. The van der Waals surface area contributed by atoms with E-state index >= 15 is 0 Å². The third-order valence-corrected chi connectivity index (χ3v) is 9.39. The molecular weight excluding hydrogens is 639 g/mol. The molecule has 182 valence electrons. The summed E-state index contributed by atoms with van der Waals surface area (Å²) in [6.45, 7) is 0. The van der Waals surface area contributed by atoms with Gasteiger partial charge in [0, 0.05) is 26.0 Å². The van der Waals surface area contributed by atoms with E-state index < -0.39 is 28.8 Å². The molecule has 0 amide bonds. The fraction of sp³-hybridized carbons (Fsp3) is 0.143. The summed E-state index contributed by atoms with van der Waals surface area (Å²) in [5.41, 5.74) is -1.81. The molecule has 34 heavy (non-hydrogen) atoms. The number of hydrogen-bond acceptors (Lipinski definition) is 4. The van der Waals surface area contributed by atoms with E-state index in [1.165, 1.54) is 30.0 Å². The van der Waals surface area contributed by atoms with Crippen LogP contribution in [0.4, 0.5) is 8.78 Å². The van der Waals surface area contributed by atoms with Crippen molar-refractivity contribution in [1.29, 1.82) is 0 Å². The zero-order chi connectivity index (χ0) is 25.3. The van der Waals surface area contributed by atoms with Crippen molar-refractivity contribution in [2.75, 3.05) is 0 Å². The van der Waals surface area contributed by atoms with Crippen molar-refractivity contribution >= 4 is 61.2 Å². The van der Waals surface area contributed by atoms with Crippen molar-refractivity contribution in [2.45, 2.75) is 22.1 Å². The van der Waals surface area contributed by atoms with Crippen LogP contribution in [0.25, 0.3) is 11.1 Å². The van der Waals surface area contributed by atoms with Crippen molar-refractivity contribution in [1.82, 2.24) is 0 Å². The Morgan fingerprint density at radius 3 is 2.00 bits per heavy atom. The molecule has 0 unspecified atom stereocenters. The summed E-state index contributed by atoms with van der Waals surface area (Å²) in [7, 11) is -9.51. The number of alkyl halides is 2. The Morgan fingerprint density at radius 1 is 0.882 bits per heavy atom. The van der Waals surface area contributed by atoms with E-state index in [9.17, 15) is 21.8 Å². The first-order valence-electron chi connectivity index (χ1n) is 9.42. The standard InChI is InChI=1S/C21H18Br2F2NO5PS2/c22-18-8-6-16(10-20(18)34(26,30)31)15-4-1-13(2-5-15)11-33-12-14-3-7-17(19(23)9-14)21(24,25)32(27,28)29/h1-10H,11-12H2,(H2,26,30,31)(H2,27,28,29). The lowest BCUT2D eigenvalue weighted by Gasteiger charge is -2.19. The second kappa shape index (κ2) is 10.5. The summed E-state index contributed by atoms with van der Waals surface area (Å²) in [4.78, 5) is 17.8. The summed E-state index contributed by atoms with van der Waals surface area (Å²) < 4.78 is 62.8. The van der Waals surface area contributed by atoms with Gasteiger partial charge in [-0.2, -0.15) is 20.5 Å². The maximum atomic E-state index is 13.9. The first-order chi connectivity index (χ1) is 15.7. The van der Waals surface area contributed by atoms with Crippen LogP contribution in [0, 0.1) is 0 Å². The fourth-order valence-electron chi connectivity index (χ4n) is 3.03. The van der Waals surface area contributed by atoms with Gasteiger partial charge >= 0.3 is 13.3 Å². The highest BCUT2D eigenvalue weighted by molar-refractivity contribution is 9.10. The van der Waals surface area contributed by atoms with Gasteiger partial charge in [-0.05, 0) is 56.4 Å². The van der Waals surface area contributed by atoms with Crippen LogP contribution < -0.4 is 5.14 Å². The average molecular weight is 657 g/mol. The SMILES string of the molecule is NS(=O)(=O)c1cc(-c2ccc(CSCc3ccc(C(F)(F)P(=O)(O)O)c(Br)c3)cc2)ccc1Br. The van der Waals surface area contributed by atoms with Crippen LogP contribution in [0.3, 0.4) is 0 Å². The number of rotatable bonds is 8. The number of benzene rings is 3. The lowest BCUT2D eigenvalue weighted by Crippen LogP contribution is -2.14. The van der Waals surface area contributed by atoms with Crippen LogP contribution in [0.15, 0.2) is 74.5 Å². The number of thioether (sulfide) groups is 1. The van der Waals surface area contributed by atoms with Crippen molar-refractivity contribution < 1.29 is 31.6 Å². The van der Waals surface area contributed by atoms with Crippen molar-refractivity contribution in [3.63, 3.8) is 0 Å². The number of hydrogen-bond donors (Lipinski definition) is 3. The molecule has 0 aromatic heterocycles. The molecule has 4 N–H and O–H groups in total. The molecule has 3 aromatic carbocycles. The minimum Gasteiger partial charge on any atom is -0.320 e. The van der Waals surface area contributed by atoms with Gasteiger partial charge in [0.1, 0.15) is 0 Å². The monoisotopic (exact) mass is 655 g/mol. The molecule has 0 atom stereocenters. The Bertz CT molecular complexity index is 1370. The van der Waals surface area contributed by atoms with Gasteiger partial charge in [-0.25, -0.2) is 13.6 Å². The van der Waals surface area contributed by atoms with E-state index in [1.807, 2.05) is 24.3 Å². The van der Waals surface area contributed by atoms with Crippen molar-refractivity contribution in [3.8, 4) is 11.1 Å². The molecule has 0 saturated carbocycles. The maximum Gasteiger partial charge on any atom is 0.399 e. The lowest BCUT2D eigenvalue weighted by atomic mass is 10.0. The Morgan fingerprint density at radius 2 is 1.44 bits per heavy atom. The zero-order valence-electron chi connectivity index (χ0n) is 17.2. The summed E-state index contributed by atoms with van der Waals surface area (Å²) >= 11 is 7.70. The van der Waals surface area contributed by atoms with Crippen LogP contribution in [0.5, 0.6) is 0 Å². The Kier molecular flexibility index (Phi) is 8.47. The van der Waals surface area contributed by atoms with Gasteiger partial charge in [-0.1, -0.05) is 58.4 Å². The van der Waals surface area contributed by atoms with E-state index in [2.05, 4.69) is 31.9 Å². The van der Waals surface area contributed by atoms with Crippen molar-refractivity contribution in [2.24, 2.45) is 5.14 Å². The van der Waals surface area contributed by atoms with Crippen LogP contribution in [0.1, 0.15) is 16.7 Å². The Balaban J connectivity index is 1.66. The normalized spacial score (nSPS) is 12.7. The van der Waals surface area contributed by atoms with Crippen LogP contribution in [0.2, 0.25) is 0 Å². The summed E-state index contributed by atoms with van der Waals surface area (Å²) in [6.07, 6.45) is 0. The minimum atomic E-state index is -5.64. The van der Waals surface area contributed by atoms with Crippen molar-refractivity contribution in [3.05, 3.63) is 86.3 Å². The zero-order valence-corrected chi connectivity index (χ0v) is 22.9. The molecular formula is C21H18Br2F2NO5PS2. The minimum absolute atomic E-state index is 0.000340. The predicted molar refractivity (Wildman–Crippen MR) is 136 cm³/mol. The number of primary sulfonamides is 1. The molecule has 0 heterocycles. The Labute approximate surface area is 216 Å². The molecule has 0 spiro atoms. The van der Waals surface area contributed by atoms with Crippen LogP contribution >= 0.6 is 51.2 Å². The number of nitrogens with two attached hydrogens (primary N) is 1. The van der Waals surface area contributed by atoms with E-state index in [4.69, 9.17) is 14.9 Å². The predicted octanol–water partition coefficient (Wildman–Crippen LogP) is 6.19. The van der Waals surface area contributed by atoms with E-state index in [1.54, 1.807) is 12.1 Å². The lowest BCUT2D eigenvalue weighted by molar-refractivity contribution is 0.0557. The van der Waals surface area contributed by atoms with Gasteiger partial charge in [0.05, 0.1) is 4.90 Å². The number of sulfonamides is 1. The van der Waals surface area contributed by atoms with Crippen LogP contribution in [-0.4, -0.2) is 18.2 Å². The molecule has 0 aliphatic heterocycles. The molecule has 13 heteroatoms. The molecule has 0 aliphatic rings. The van der Waals surface area contributed by atoms with Crippen LogP contribution in [-0.2, 0) is 31.8 Å². The van der Waals surface area contributed by atoms with Gasteiger partial charge < -0.3 is 9.79 Å². The van der Waals surface area contributed by atoms with E-state index in [0.29, 0.717) is 27.1 Å². The molecule has 0 saturated heterocycles. The molecule has 3 aromatic rings. The van der Waals surface area contributed by atoms with Gasteiger partial charge in [0.15, 0.2) is 0 Å². The van der Waals surface area contributed by atoms with E-state index in [-0.39, 0.29) is 9.37 Å². The first-order valence-corrected chi connectivity index (χ1v) is 15.3. The number of halogens is 4. The topological polar surface area (TPSA) is 118 Å². The highest BCUT2D eigenvalue weighted by Crippen LogP contribution is 2.60. The van der Waals surface area contributed by atoms with E-state index in [0.717, 1.165) is 17.2 Å². The highest BCUT2D eigenvalue weighted by Gasteiger charge is 2.51. The van der Waals surface area contributed by atoms with Gasteiger partial charge in [-0.15, -0.1) is 0 Å². The molecule has 6 nitrogen and oxygen atoms in total. The third-order valence-electron chi connectivity index (χ3n) is 4.79. The fourth-order valence-corrected chi connectivity index (χ4v) is 6.87. The van der Waals surface area contributed by atoms with Gasteiger partial charge in [0.25, 0.3) is 0 Å². The quantitative estimate of drug-likeness (QED) is 0.249. The molecule has 0 aliphatic carbocycles. The summed E-state index contributed by atoms with van der Waals surface area (Å²) in [5, 5.41) is 5.25. The highest BCUT2D eigenvalue weighted by atomic mass is 79.9. The van der Waals surface area contributed by atoms with Gasteiger partial charge in [0.2, 0.25) is 10.0 Å². The maximum absolute atomic E-state index is 13.9. The molecule has 0 radical (unpaired) electrons. The Hall–Kier alpha value is -1.11. The molecule has 3 rings (SSSR count). The van der Waals surface area contributed by atoms with Gasteiger partial charge in [-0.3, -0.25) is 4.57 Å². The third kappa shape index (κ3) is 6.36. The summed E-state index contributed by atoms with van der Waals surface area (Å²) in [5.74, 6) is 1.12. The second-order valence-electron chi connectivity index (χ2n) is 7.28.